The summed E-state index contributed by atoms with van der Waals surface area (Å²) in [5.74, 6) is 1.15. The Kier molecular flexibility index (Phi) is 4.79. The molecule has 1 N–H and O–H groups in total. The normalized spacial score (nSPS) is 11.8. The molecule has 0 spiro atoms. The number of aromatic nitrogens is 1. The lowest BCUT2D eigenvalue weighted by atomic mass is 10.1. The second-order valence-electron chi connectivity index (χ2n) is 6.53. The highest BCUT2D eigenvalue weighted by Gasteiger charge is 2.15. The number of hydrazone groups is 1. The Morgan fingerprint density at radius 3 is 2.64 bits per heavy atom. The Hall–Kier alpha value is -3.25. The third-order valence-electron chi connectivity index (χ3n) is 4.38. The molecule has 6 heteroatoms. The number of carbonyl (C=O) groups excluding carboxylic acids is 1. The van der Waals surface area contributed by atoms with Crippen LogP contribution in [0.1, 0.15) is 33.7 Å². The van der Waals surface area contributed by atoms with Crippen molar-refractivity contribution in [1.82, 2.24) is 10.4 Å². The van der Waals surface area contributed by atoms with Crippen molar-refractivity contribution in [1.29, 1.82) is 0 Å². The molecule has 4 aromatic rings. The van der Waals surface area contributed by atoms with Crippen LogP contribution in [0.4, 0.5) is 0 Å². The summed E-state index contributed by atoms with van der Waals surface area (Å²) >= 11 is 1.65. The maximum atomic E-state index is 12.9. The number of thiophene rings is 1. The number of para-hydroxylation sites is 1. The van der Waals surface area contributed by atoms with E-state index in [0.717, 1.165) is 27.2 Å². The van der Waals surface area contributed by atoms with Gasteiger partial charge in [0.25, 0.3) is 5.91 Å². The summed E-state index contributed by atoms with van der Waals surface area (Å²) in [7, 11) is 0. The molecule has 0 aliphatic heterocycles. The van der Waals surface area contributed by atoms with Crippen LogP contribution in [0.3, 0.4) is 0 Å². The van der Waals surface area contributed by atoms with E-state index in [1.54, 1.807) is 18.3 Å². The maximum absolute atomic E-state index is 12.9. The highest BCUT2D eigenvalue weighted by Crippen LogP contribution is 2.29. The number of amides is 1. The number of carbonyl (C=O) groups is 1. The van der Waals surface area contributed by atoms with Gasteiger partial charge in [0.05, 0.1) is 21.7 Å². The van der Waals surface area contributed by atoms with Gasteiger partial charge in [-0.05, 0) is 57.2 Å². The largest absolute Gasteiger partial charge is 0.460 e. The van der Waals surface area contributed by atoms with E-state index in [1.165, 1.54) is 4.88 Å². The van der Waals surface area contributed by atoms with Gasteiger partial charge in [0.1, 0.15) is 17.2 Å². The summed E-state index contributed by atoms with van der Waals surface area (Å²) < 4.78 is 5.54. The minimum absolute atomic E-state index is 0.282. The minimum atomic E-state index is -0.282. The zero-order chi connectivity index (χ0) is 19.7. The van der Waals surface area contributed by atoms with Gasteiger partial charge in [0.2, 0.25) is 0 Å². The number of pyridine rings is 1. The van der Waals surface area contributed by atoms with Crippen LogP contribution in [0.5, 0.6) is 0 Å². The average Bonchev–Trinajstić information content (AvgIpc) is 3.33. The third kappa shape index (κ3) is 3.59. The first-order valence-electron chi connectivity index (χ1n) is 8.89. The van der Waals surface area contributed by atoms with Gasteiger partial charge in [-0.15, -0.1) is 11.3 Å². The fourth-order valence-corrected chi connectivity index (χ4v) is 3.77. The lowest BCUT2D eigenvalue weighted by molar-refractivity contribution is 0.0956. The number of fused-ring (bicyclic) bond motifs is 1. The molecule has 0 atom stereocenters. The van der Waals surface area contributed by atoms with E-state index in [2.05, 4.69) is 23.5 Å². The Balaban J connectivity index is 1.71. The maximum Gasteiger partial charge on any atom is 0.272 e. The van der Waals surface area contributed by atoms with Crippen LogP contribution < -0.4 is 5.43 Å². The monoisotopic (exact) mass is 389 g/mol. The first-order valence-corrected chi connectivity index (χ1v) is 9.71. The van der Waals surface area contributed by atoms with E-state index in [-0.39, 0.29) is 5.91 Å². The molecule has 0 radical (unpaired) electrons. The molecule has 0 fully saturated rings. The number of aryl methyl sites for hydroxylation is 2. The molecule has 140 valence electrons. The fourth-order valence-electron chi connectivity index (χ4n) is 2.94. The number of hydrogen-bond acceptors (Lipinski definition) is 5. The van der Waals surface area contributed by atoms with Crippen LogP contribution in [0.15, 0.2) is 64.1 Å². The highest BCUT2D eigenvalue weighted by molar-refractivity contribution is 7.15. The Bertz CT molecular complexity index is 1200. The number of hydrogen-bond donors (Lipinski definition) is 1. The van der Waals surface area contributed by atoms with E-state index < -0.39 is 0 Å². The number of nitrogens with one attached hydrogen (secondary N) is 1. The topological polar surface area (TPSA) is 67.5 Å². The predicted octanol–water partition coefficient (Wildman–Crippen LogP) is 5.33. The molecule has 1 amide bonds. The molecule has 0 aliphatic rings. The zero-order valence-corrected chi connectivity index (χ0v) is 16.6. The van der Waals surface area contributed by atoms with Gasteiger partial charge in [-0.3, -0.25) is 4.79 Å². The molecule has 0 saturated carbocycles. The summed E-state index contributed by atoms with van der Waals surface area (Å²) in [4.78, 5) is 19.9. The predicted molar refractivity (Wildman–Crippen MR) is 113 cm³/mol. The number of benzene rings is 1. The smallest absolute Gasteiger partial charge is 0.272 e. The summed E-state index contributed by atoms with van der Waals surface area (Å²) in [6, 6.07) is 17.2. The van der Waals surface area contributed by atoms with Crippen molar-refractivity contribution >= 4 is 33.9 Å². The highest BCUT2D eigenvalue weighted by atomic mass is 32.1. The van der Waals surface area contributed by atoms with Crippen LogP contribution in [-0.4, -0.2) is 16.6 Å². The summed E-state index contributed by atoms with van der Waals surface area (Å²) in [6.07, 6.45) is 0. The van der Waals surface area contributed by atoms with Crippen LogP contribution in [-0.2, 0) is 0 Å². The first-order chi connectivity index (χ1) is 13.5. The van der Waals surface area contributed by atoms with E-state index in [9.17, 15) is 4.79 Å². The average molecular weight is 389 g/mol. The molecular weight excluding hydrogens is 370 g/mol. The fraction of sp³-hybridized carbons (Fsp3) is 0.136. The van der Waals surface area contributed by atoms with Gasteiger partial charge >= 0.3 is 0 Å². The zero-order valence-electron chi connectivity index (χ0n) is 15.8. The van der Waals surface area contributed by atoms with E-state index in [0.29, 0.717) is 17.0 Å². The molecule has 5 nitrogen and oxygen atoms in total. The number of furan rings is 1. The van der Waals surface area contributed by atoms with E-state index in [1.807, 2.05) is 55.5 Å². The van der Waals surface area contributed by atoms with Crippen LogP contribution in [0.2, 0.25) is 0 Å². The molecule has 1 aromatic carbocycles. The summed E-state index contributed by atoms with van der Waals surface area (Å²) in [6.45, 7) is 5.71. The van der Waals surface area contributed by atoms with Gasteiger partial charge < -0.3 is 4.42 Å². The quantitative estimate of drug-likeness (QED) is 0.379. The molecule has 4 rings (SSSR count). The van der Waals surface area contributed by atoms with Crippen molar-refractivity contribution in [2.45, 2.75) is 20.8 Å². The van der Waals surface area contributed by atoms with Crippen molar-refractivity contribution < 1.29 is 9.21 Å². The SMILES string of the molecule is CC(=NNC(=O)c1cc(-c2ccc(C)s2)nc2ccccc12)c1ccc(C)o1. The molecule has 0 aliphatic carbocycles. The van der Waals surface area contributed by atoms with Gasteiger partial charge in [-0.2, -0.15) is 5.10 Å². The van der Waals surface area contributed by atoms with Gasteiger partial charge in [-0.25, -0.2) is 10.4 Å². The van der Waals surface area contributed by atoms with Crippen LogP contribution in [0, 0.1) is 13.8 Å². The molecule has 0 unspecified atom stereocenters. The van der Waals surface area contributed by atoms with Crippen LogP contribution >= 0.6 is 11.3 Å². The standard InChI is InChI=1S/C22H19N3O2S/c1-13-8-10-20(27-13)15(3)24-25-22(26)17-12-19(21-11-9-14(2)28-21)23-18-7-5-4-6-16(17)18/h4-12H,1-3H3,(H,25,26). The molecule has 0 bridgehead atoms. The van der Waals surface area contributed by atoms with Gasteiger partial charge in [0, 0.05) is 10.3 Å². The molecule has 3 aromatic heterocycles. The Labute approximate surface area is 166 Å². The molecular formula is C22H19N3O2S. The first kappa shape index (κ1) is 18.1. The molecule has 28 heavy (non-hydrogen) atoms. The number of rotatable bonds is 4. The van der Waals surface area contributed by atoms with Crippen molar-refractivity contribution in [3.63, 3.8) is 0 Å². The lowest BCUT2D eigenvalue weighted by Gasteiger charge is -2.08. The second kappa shape index (κ2) is 7.40. The summed E-state index contributed by atoms with van der Waals surface area (Å²) in [5, 5.41) is 4.99. The number of nitrogens with zero attached hydrogens (tertiary/aromatic N) is 2. The minimum Gasteiger partial charge on any atom is -0.460 e. The molecule has 0 saturated heterocycles. The Morgan fingerprint density at radius 2 is 1.93 bits per heavy atom. The van der Waals surface area contributed by atoms with Crippen molar-refractivity contribution in [3.8, 4) is 10.6 Å². The summed E-state index contributed by atoms with van der Waals surface area (Å²) in [5.41, 5.74) is 5.35. The van der Waals surface area contributed by atoms with Crippen molar-refractivity contribution in [3.05, 3.63) is 76.6 Å². The van der Waals surface area contributed by atoms with Crippen molar-refractivity contribution in [2.24, 2.45) is 5.10 Å². The van der Waals surface area contributed by atoms with Crippen molar-refractivity contribution in [2.75, 3.05) is 0 Å². The third-order valence-corrected chi connectivity index (χ3v) is 5.40. The van der Waals surface area contributed by atoms with Gasteiger partial charge in [0.15, 0.2) is 0 Å². The van der Waals surface area contributed by atoms with E-state index in [4.69, 9.17) is 9.40 Å². The lowest BCUT2D eigenvalue weighted by Crippen LogP contribution is -2.20. The van der Waals surface area contributed by atoms with Gasteiger partial charge in [-0.1, -0.05) is 18.2 Å². The molecule has 3 heterocycles. The Morgan fingerprint density at radius 1 is 1.11 bits per heavy atom. The van der Waals surface area contributed by atoms with Crippen LogP contribution in [0.25, 0.3) is 21.5 Å². The second-order valence-corrected chi connectivity index (χ2v) is 7.82. The van der Waals surface area contributed by atoms with E-state index >= 15 is 0 Å².